The number of rotatable bonds is 1. The molecule has 1 aromatic heterocycles. The van der Waals surface area contributed by atoms with Crippen molar-refractivity contribution in [1.29, 1.82) is 5.41 Å². The monoisotopic (exact) mass is 317 g/mol. The van der Waals surface area contributed by atoms with Crippen molar-refractivity contribution in [2.24, 2.45) is 7.05 Å². The number of hydrogen-bond donors (Lipinski definition) is 1. The van der Waals surface area contributed by atoms with Crippen molar-refractivity contribution in [1.82, 2.24) is 4.57 Å². The summed E-state index contributed by atoms with van der Waals surface area (Å²) in [6.07, 6.45) is 0. The summed E-state index contributed by atoms with van der Waals surface area (Å²) >= 11 is 1.46. The molecule has 4 heteroatoms. The van der Waals surface area contributed by atoms with Crippen LogP contribution in [0.5, 0.6) is 0 Å². The Morgan fingerprint density at radius 3 is 2.36 bits per heavy atom. The predicted molar refractivity (Wildman–Crippen MR) is 54.6 cm³/mol. The van der Waals surface area contributed by atoms with E-state index in [0.717, 1.165) is 5.69 Å². The van der Waals surface area contributed by atoms with Crippen molar-refractivity contribution in [2.45, 2.75) is 0 Å². The van der Waals surface area contributed by atoms with Gasteiger partial charge in [-0.15, -0.1) is 11.3 Å². The van der Waals surface area contributed by atoms with Gasteiger partial charge in [0.2, 0.25) is 0 Å². The van der Waals surface area contributed by atoms with Crippen molar-refractivity contribution in [2.75, 3.05) is 0 Å². The zero-order valence-electron chi connectivity index (χ0n) is 7.70. The third-order valence-electron chi connectivity index (χ3n) is 2.02. The lowest BCUT2D eigenvalue weighted by atomic mass is 10.2. The summed E-state index contributed by atoms with van der Waals surface area (Å²) in [5.41, 5.74) is 2.27. The van der Waals surface area contributed by atoms with Crippen molar-refractivity contribution in [3.8, 4) is 11.3 Å². The van der Waals surface area contributed by atoms with E-state index >= 15 is 0 Å². The molecule has 0 fully saturated rings. The Morgan fingerprint density at radius 1 is 1.21 bits per heavy atom. The van der Waals surface area contributed by atoms with Crippen LogP contribution in [0.3, 0.4) is 0 Å². The fourth-order valence-corrected chi connectivity index (χ4v) is 2.02. The molecule has 0 unspecified atom stereocenters. The van der Waals surface area contributed by atoms with Gasteiger partial charge in [0.1, 0.15) is 0 Å². The Bertz CT molecular complexity index is 458. The number of nitrogens with one attached hydrogen (secondary N) is 1. The maximum Gasteiger partial charge on any atom is 0.182 e. The molecule has 1 heterocycles. The Morgan fingerprint density at radius 2 is 1.86 bits per heavy atom. The van der Waals surface area contributed by atoms with Crippen LogP contribution in [0.15, 0.2) is 35.7 Å². The normalized spacial score (nSPS) is 9.50. The maximum atomic E-state index is 7.57. The Balaban J connectivity index is 0.000000980. The highest BCUT2D eigenvalue weighted by Crippen LogP contribution is 2.17. The molecule has 0 aliphatic heterocycles. The molecule has 2 nitrogen and oxygen atoms in total. The lowest BCUT2D eigenvalue weighted by molar-refractivity contribution is -0.00000281. The second kappa shape index (κ2) is 4.75. The van der Waals surface area contributed by atoms with E-state index < -0.39 is 0 Å². The molecule has 2 aromatic rings. The summed E-state index contributed by atoms with van der Waals surface area (Å²) in [4.78, 5) is 0.582. The van der Waals surface area contributed by atoms with Crippen LogP contribution in [0.2, 0.25) is 0 Å². The zero-order chi connectivity index (χ0) is 9.26. The topological polar surface area (TPSA) is 28.8 Å². The molecule has 14 heavy (non-hydrogen) atoms. The molecule has 0 bridgehead atoms. The van der Waals surface area contributed by atoms with E-state index in [1.165, 1.54) is 16.9 Å². The van der Waals surface area contributed by atoms with Crippen LogP contribution < -0.4 is 28.8 Å². The summed E-state index contributed by atoms with van der Waals surface area (Å²) in [5, 5.41) is 9.58. The van der Waals surface area contributed by atoms with E-state index in [9.17, 15) is 0 Å². The molecule has 0 aliphatic carbocycles. The Labute approximate surface area is 104 Å². The van der Waals surface area contributed by atoms with Crippen LogP contribution >= 0.6 is 11.3 Å². The Kier molecular flexibility index (Phi) is 3.88. The highest BCUT2D eigenvalue weighted by Gasteiger charge is 2.01. The summed E-state index contributed by atoms with van der Waals surface area (Å²) < 4.78 is 1.89. The van der Waals surface area contributed by atoms with Crippen molar-refractivity contribution in [3.63, 3.8) is 0 Å². The molecule has 0 spiro atoms. The molecule has 0 amide bonds. The first-order valence-corrected chi connectivity index (χ1v) is 4.91. The van der Waals surface area contributed by atoms with Crippen LogP contribution in [0.1, 0.15) is 0 Å². The van der Waals surface area contributed by atoms with E-state index in [1.807, 2.05) is 35.2 Å². The van der Waals surface area contributed by atoms with Gasteiger partial charge in [-0.05, 0) is 5.56 Å². The minimum atomic E-state index is 0. The third kappa shape index (κ3) is 2.06. The SMILES string of the molecule is Cn1c(-c2ccccc2)csc1=N.[I-]. The van der Waals surface area contributed by atoms with Gasteiger partial charge in [0.05, 0.1) is 5.69 Å². The fraction of sp³-hybridized carbons (Fsp3) is 0.100. The van der Waals surface area contributed by atoms with Crippen LogP contribution in [0.25, 0.3) is 11.3 Å². The first-order valence-electron chi connectivity index (χ1n) is 4.03. The van der Waals surface area contributed by atoms with Crippen LogP contribution in [0, 0.1) is 5.41 Å². The molecular formula is C10H10IN2S-. The van der Waals surface area contributed by atoms with Crippen molar-refractivity contribution in [3.05, 3.63) is 40.5 Å². The predicted octanol–water partition coefficient (Wildman–Crippen LogP) is -0.763. The first kappa shape index (κ1) is 11.5. The van der Waals surface area contributed by atoms with E-state index in [4.69, 9.17) is 5.41 Å². The van der Waals surface area contributed by atoms with Gasteiger partial charge in [0.15, 0.2) is 4.80 Å². The lowest BCUT2D eigenvalue weighted by Gasteiger charge is -2.00. The number of thiazole rings is 1. The highest BCUT2D eigenvalue weighted by atomic mass is 127. The van der Waals surface area contributed by atoms with Crippen molar-refractivity contribution >= 4 is 11.3 Å². The van der Waals surface area contributed by atoms with Crippen LogP contribution in [-0.2, 0) is 7.05 Å². The lowest BCUT2D eigenvalue weighted by Crippen LogP contribution is -3.00. The molecule has 0 aliphatic rings. The molecule has 1 aromatic carbocycles. The second-order valence-corrected chi connectivity index (χ2v) is 3.71. The number of aromatic nitrogens is 1. The molecular weight excluding hydrogens is 307 g/mol. The average Bonchev–Trinajstić information content (AvgIpc) is 2.49. The number of hydrogen-bond acceptors (Lipinski definition) is 2. The summed E-state index contributed by atoms with van der Waals surface area (Å²) in [7, 11) is 1.92. The molecule has 0 saturated carbocycles. The number of benzene rings is 1. The first-order chi connectivity index (χ1) is 6.29. The van der Waals surface area contributed by atoms with Gasteiger partial charge in [0, 0.05) is 12.4 Å². The number of halogens is 1. The summed E-state index contributed by atoms with van der Waals surface area (Å²) in [5.74, 6) is 0. The van der Waals surface area contributed by atoms with Crippen LogP contribution in [0.4, 0.5) is 0 Å². The molecule has 1 N–H and O–H groups in total. The molecule has 74 valence electrons. The minimum absolute atomic E-state index is 0. The molecule has 0 radical (unpaired) electrons. The van der Waals surface area contributed by atoms with Gasteiger partial charge in [-0.2, -0.15) is 0 Å². The fourth-order valence-electron chi connectivity index (χ4n) is 1.25. The van der Waals surface area contributed by atoms with Gasteiger partial charge in [0.25, 0.3) is 0 Å². The largest absolute Gasteiger partial charge is 1.00 e. The Hall–Kier alpha value is -0.620. The molecule has 0 atom stereocenters. The van der Waals surface area contributed by atoms with Gasteiger partial charge < -0.3 is 28.5 Å². The number of nitrogens with zero attached hydrogens (tertiary/aromatic N) is 1. The third-order valence-corrected chi connectivity index (χ3v) is 2.86. The summed E-state index contributed by atoms with van der Waals surface area (Å²) in [6, 6.07) is 10.1. The molecule has 0 saturated heterocycles. The van der Waals surface area contributed by atoms with Gasteiger partial charge in [-0.25, -0.2) is 0 Å². The van der Waals surface area contributed by atoms with Gasteiger partial charge in [-0.1, -0.05) is 30.3 Å². The van der Waals surface area contributed by atoms with E-state index in [-0.39, 0.29) is 24.0 Å². The standard InChI is InChI=1S/C10H10N2S.HI/c1-12-9(7-13-10(12)11)8-5-3-2-4-6-8;/h2-7,11H,1H3;1H/p-1. The highest BCUT2D eigenvalue weighted by molar-refractivity contribution is 7.07. The molecule has 2 rings (SSSR count). The van der Waals surface area contributed by atoms with E-state index in [2.05, 4.69) is 12.1 Å². The zero-order valence-corrected chi connectivity index (χ0v) is 10.7. The average molecular weight is 317 g/mol. The van der Waals surface area contributed by atoms with Gasteiger partial charge >= 0.3 is 0 Å². The second-order valence-electron chi connectivity index (χ2n) is 2.85. The smallest absolute Gasteiger partial charge is 0.182 e. The maximum absolute atomic E-state index is 7.57. The quantitative estimate of drug-likeness (QED) is 0.670. The summed E-state index contributed by atoms with van der Waals surface area (Å²) in [6.45, 7) is 0. The van der Waals surface area contributed by atoms with Gasteiger partial charge in [-0.3, -0.25) is 5.41 Å². The minimum Gasteiger partial charge on any atom is -1.00 e. The van der Waals surface area contributed by atoms with Crippen molar-refractivity contribution < 1.29 is 24.0 Å². The van der Waals surface area contributed by atoms with Crippen LogP contribution in [-0.4, -0.2) is 4.57 Å². The van der Waals surface area contributed by atoms with E-state index in [0.29, 0.717) is 4.80 Å². The van der Waals surface area contributed by atoms with E-state index in [1.54, 1.807) is 0 Å².